The van der Waals surface area contributed by atoms with Crippen molar-refractivity contribution in [3.8, 4) is 0 Å². The summed E-state index contributed by atoms with van der Waals surface area (Å²) in [6.45, 7) is 1.40. The van der Waals surface area contributed by atoms with Gasteiger partial charge < -0.3 is 10.1 Å². The van der Waals surface area contributed by atoms with Crippen molar-refractivity contribution in [2.75, 3.05) is 5.32 Å². The number of aromatic amines is 1. The van der Waals surface area contributed by atoms with Crippen LogP contribution in [-0.4, -0.2) is 28.2 Å². The van der Waals surface area contributed by atoms with E-state index in [2.05, 4.69) is 15.5 Å². The molecular weight excluding hydrogens is 393 g/mol. The fraction of sp³-hybridized carbons (Fsp3) is 0.111. The number of hydrogen-bond acceptors (Lipinski definition) is 5. The summed E-state index contributed by atoms with van der Waals surface area (Å²) in [6.07, 6.45) is -1.14. The Morgan fingerprint density at radius 3 is 2.59 bits per heavy atom. The maximum absolute atomic E-state index is 12.4. The number of rotatable bonds is 4. The highest BCUT2D eigenvalue weighted by atomic mass is 35.5. The van der Waals surface area contributed by atoms with E-state index in [1.807, 2.05) is 0 Å². The van der Waals surface area contributed by atoms with Gasteiger partial charge in [-0.2, -0.15) is 5.10 Å². The molecule has 0 unspecified atom stereocenters. The first-order chi connectivity index (χ1) is 12.9. The molecule has 2 N–H and O–H groups in total. The number of carbonyl (C=O) groups is 2. The van der Waals surface area contributed by atoms with E-state index in [4.69, 9.17) is 27.9 Å². The second kappa shape index (κ2) is 7.77. The number of fused-ring (bicyclic) bond motifs is 1. The number of H-pyrrole nitrogens is 1. The lowest BCUT2D eigenvalue weighted by atomic mass is 10.1. The predicted octanol–water partition coefficient (Wildman–Crippen LogP) is 3.41. The van der Waals surface area contributed by atoms with Gasteiger partial charge in [0.25, 0.3) is 11.5 Å². The zero-order valence-electron chi connectivity index (χ0n) is 14.0. The number of halogens is 2. The van der Waals surface area contributed by atoms with Gasteiger partial charge in [-0.3, -0.25) is 9.59 Å². The van der Waals surface area contributed by atoms with Gasteiger partial charge in [-0.15, -0.1) is 0 Å². The summed E-state index contributed by atoms with van der Waals surface area (Å²) in [4.78, 5) is 36.5. The first-order valence-electron chi connectivity index (χ1n) is 7.81. The van der Waals surface area contributed by atoms with Crippen LogP contribution in [0.3, 0.4) is 0 Å². The zero-order chi connectivity index (χ0) is 19.6. The van der Waals surface area contributed by atoms with Crippen LogP contribution < -0.4 is 10.9 Å². The second-order valence-corrected chi connectivity index (χ2v) is 6.45. The molecule has 138 valence electrons. The fourth-order valence-electron chi connectivity index (χ4n) is 2.37. The lowest BCUT2D eigenvalue weighted by molar-refractivity contribution is -0.123. The van der Waals surface area contributed by atoms with Crippen molar-refractivity contribution in [1.82, 2.24) is 10.2 Å². The number of nitrogens with zero attached hydrogens (tertiary/aromatic N) is 1. The van der Waals surface area contributed by atoms with Crippen molar-refractivity contribution >= 4 is 51.5 Å². The Balaban J connectivity index is 1.78. The summed E-state index contributed by atoms with van der Waals surface area (Å²) < 4.78 is 5.18. The van der Waals surface area contributed by atoms with Crippen molar-refractivity contribution < 1.29 is 14.3 Å². The van der Waals surface area contributed by atoms with Gasteiger partial charge >= 0.3 is 5.97 Å². The fourth-order valence-corrected chi connectivity index (χ4v) is 2.70. The summed E-state index contributed by atoms with van der Waals surface area (Å²) >= 11 is 11.9. The minimum atomic E-state index is -1.14. The molecule has 0 fully saturated rings. The Hall–Kier alpha value is -2.90. The Bertz CT molecular complexity index is 1100. The van der Waals surface area contributed by atoms with Crippen molar-refractivity contribution in [2.24, 2.45) is 0 Å². The van der Waals surface area contributed by atoms with Gasteiger partial charge in [0.2, 0.25) is 0 Å². The molecule has 0 saturated heterocycles. The number of aromatic nitrogens is 2. The largest absolute Gasteiger partial charge is 0.448 e. The molecule has 2 aromatic carbocycles. The molecule has 3 aromatic rings. The molecule has 0 saturated carbocycles. The Kier molecular flexibility index (Phi) is 5.43. The van der Waals surface area contributed by atoms with Crippen molar-refractivity contribution in [3.63, 3.8) is 0 Å². The molecular formula is C18H13Cl2N3O4. The smallest absolute Gasteiger partial charge is 0.360 e. The SMILES string of the molecule is C[C@@H](OC(=O)c1n[nH]c(=O)c2ccccc12)C(=O)Nc1cc(Cl)ccc1Cl. The number of hydrogen-bond donors (Lipinski definition) is 2. The van der Waals surface area contributed by atoms with Gasteiger partial charge in [0.1, 0.15) is 0 Å². The number of ether oxygens (including phenoxy) is 1. The highest BCUT2D eigenvalue weighted by Gasteiger charge is 2.22. The third-order valence-corrected chi connectivity index (χ3v) is 4.29. The molecule has 0 spiro atoms. The van der Waals surface area contributed by atoms with Crippen molar-refractivity contribution in [3.05, 3.63) is 68.6 Å². The Labute approximate surface area is 163 Å². The average Bonchev–Trinajstić information content (AvgIpc) is 2.65. The normalized spacial score (nSPS) is 11.8. The molecule has 1 amide bonds. The van der Waals surface area contributed by atoms with E-state index in [1.54, 1.807) is 30.3 Å². The maximum Gasteiger partial charge on any atom is 0.360 e. The van der Waals surface area contributed by atoms with E-state index < -0.39 is 23.5 Å². The third kappa shape index (κ3) is 4.10. The van der Waals surface area contributed by atoms with Crippen LogP contribution in [0.5, 0.6) is 0 Å². The quantitative estimate of drug-likeness (QED) is 0.647. The van der Waals surface area contributed by atoms with Crippen LogP contribution in [-0.2, 0) is 9.53 Å². The van der Waals surface area contributed by atoms with Crippen LogP contribution in [0.2, 0.25) is 10.0 Å². The van der Waals surface area contributed by atoms with Crippen LogP contribution in [0, 0.1) is 0 Å². The van der Waals surface area contributed by atoms with Gasteiger partial charge in [0, 0.05) is 10.4 Å². The number of benzene rings is 2. The van der Waals surface area contributed by atoms with Gasteiger partial charge in [-0.25, -0.2) is 9.89 Å². The molecule has 0 radical (unpaired) electrons. The minimum Gasteiger partial charge on any atom is -0.448 e. The number of nitrogens with one attached hydrogen (secondary N) is 2. The lowest BCUT2D eigenvalue weighted by Crippen LogP contribution is -2.30. The first-order valence-corrected chi connectivity index (χ1v) is 8.56. The highest BCUT2D eigenvalue weighted by Crippen LogP contribution is 2.25. The third-order valence-electron chi connectivity index (χ3n) is 3.73. The Morgan fingerprint density at radius 2 is 1.85 bits per heavy atom. The van der Waals surface area contributed by atoms with Crippen LogP contribution in [0.15, 0.2) is 47.3 Å². The average molecular weight is 406 g/mol. The van der Waals surface area contributed by atoms with Crippen LogP contribution in [0.25, 0.3) is 10.8 Å². The monoisotopic (exact) mass is 405 g/mol. The van der Waals surface area contributed by atoms with E-state index in [1.165, 1.54) is 19.1 Å². The number of anilines is 1. The van der Waals surface area contributed by atoms with Gasteiger partial charge in [0.05, 0.1) is 16.1 Å². The Morgan fingerprint density at radius 1 is 1.15 bits per heavy atom. The summed E-state index contributed by atoms with van der Waals surface area (Å²) in [7, 11) is 0. The van der Waals surface area contributed by atoms with Crippen molar-refractivity contribution in [2.45, 2.75) is 13.0 Å². The first kappa shape index (κ1) is 18.9. The molecule has 1 heterocycles. The molecule has 0 aliphatic rings. The van der Waals surface area contributed by atoms with Crippen LogP contribution in [0.1, 0.15) is 17.4 Å². The van der Waals surface area contributed by atoms with E-state index in [0.29, 0.717) is 26.5 Å². The molecule has 3 rings (SSSR count). The summed E-state index contributed by atoms with van der Waals surface area (Å²) in [6, 6.07) is 11.1. The molecule has 1 atom stereocenters. The highest BCUT2D eigenvalue weighted by molar-refractivity contribution is 6.35. The van der Waals surface area contributed by atoms with Gasteiger partial charge in [-0.1, -0.05) is 41.4 Å². The zero-order valence-corrected chi connectivity index (χ0v) is 15.5. The van der Waals surface area contributed by atoms with Gasteiger partial charge in [0.15, 0.2) is 11.8 Å². The molecule has 0 aliphatic carbocycles. The number of esters is 1. The van der Waals surface area contributed by atoms with E-state index in [0.717, 1.165) is 0 Å². The van der Waals surface area contributed by atoms with Gasteiger partial charge in [-0.05, 0) is 31.2 Å². The molecule has 7 nitrogen and oxygen atoms in total. The van der Waals surface area contributed by atoms with Crippen molar-refractivity contribution in [1.29, 1.82) is 0 Å². The van der Waals surface area contributed by atoms with E-state index in [-0.39, 0.29) is 5.69 Å². The van der Waals surface area contributed by atoms with Crippen LogP contribution >= 0.6 is 23.2 Å². The number of carbonyl (C=O) groups excluding carboxylic acids is 2. The minimum absolute atomic E-state index is 0.0920. The predicted molar refractivity (Wildman–Crippen MR) is 102 cm³/mol. The topological polar surface area (TPSA) is 101 Å². The molecule has 27 heavy (non-hydrogen) atoms. The molecule has 0 bridgehead atoms. The standard InChI is InChI=1S/C18H13Cl2N3O4/c1-9(16(24)21-14-8-10(19)6-7-13(14)20)27-18(26)15-11-4-2-3-5-12(11)17(25)23-22-15/h2-9H,1H3,(H,21,24)(H,23,25)/t9-/m1/s1. The number of amides is 1. The molecule has 9 heteroatoms. The van der Waals surface area contributed by atoms with E-state index in [9.17, 15) is 14.4 Å². The second-order valence-electron chi connectivity index (χ2n) is 5.61. The molecule has 1 aromatic heterocycles. The summed E-state index contributed by atoms with van der Waals surface area (Å²) in [5.74, 6) is -1.44. The summed E-state index contributed by atoms with van der Waals surface area (Å²) in [5.41, 5.74) is -0.223. The lowest BCUT2D eigenvalue weighted by Gasteiger charge is -2.14. The molecule has 0 aliphatic heterocycles. The van der Waals surface area contributed by atoms with Crippen LogP contribution in [0.4, 0.5) is 5.69 Å². The summed E-state index contributed by atoms with van der Waals surface area (Å²) in [5, 5.41) is 9.84. The van der Waals surface area contributed by atoms with E-state index >= 15 is 0 Å². The maximum atomic E-state index is 12.4.